The van der Waals surface area contributed by atoms with Gasteiger partial charge in [-0.1, -0.05) is 37.6 Å². The molecular formula is C22H36O4. The third-order valence-corrected chi connectivity index (χ3v) is 4.99. The number of aliphatic hydroxyl groups is 2. The number of hydrogen-bond donors (Lipinski definition) is 2. The van der Waals surface area contributed by atoms with Gasteiger partial charge in [0.2, 0.25) is 0 Å². The molecule has 1 aliphatic carbocycles. The molecule has 0 unspecified atom stereocenters. The molecule has 2 N–H and O–H groups in total. The molecule has 0 aromatic heterocycles. The van der Waals surface area contributed by atoms with Gasteiger partial charge in [-0.3, -0.25) is 4.79 Å². The first-order chi connectivity index (χ1) is 12.0. The number of ether oxygens (including phenoxy) is 1. The number of carbonyl (C=O) groups excluding carboxylic acids is 1. The van der Waals surface area contributed by atoms with Crippen LogP contribution >= 0.6 is 0 Å². The maximum absolute atomic E-state index is 11.4. The van der Waals surface area contributed by atoms with E-state index in [1.54, 1.807) is 13.0 Å². The molecule has 0 saturated heterocycles. The zero-order valence-electron chi connectivity index (χ0n) is 17.2. The minimum absolute atomic E-state index is 0.159. The van der Waals surface area contributed by atoms with Crippen LogP contribution < -0.4 is 0 Å². The summed E-state index contributed by atoms with van der Waals surface area (Å²) in [6.07, 6.45) is 9.46. The number of allylic oxidation sites excluding steroid dienone is 3. The van der Waals surface area contributed by atoms with Gasteiger partial charge in [-0.05, 0) is 63.5 Å². The van der Waals surface area contributed by atoms with Crippen LogP contribution in [0.3, 0.4) is 0 Å². The minimum Gasteiger partial charge on any atom is -0.458 e. The Balaban J connectivity index is 3.18. The second kappa shape index (κ2) is 10.1. The molecule has 4 heteroatoms. The third-order valence-electron chi connectivity index (χ3n) is 4.99. The van der Waals surface area contributed by atoms with Gasteiger partial charge in [0.05, 0.1) is 11.7 Å². The van der Waals surface area contributed by atoms with Crippen LogP contribution in [0, 0.1) is 11.8 Å². The molecule has 26 heavy (non-hydrogen) atoms. The van der Waals surface area contributed by atoms with Crippen molar-refractivity contribution >= 4 is 5.97 Å². The fourth-order valence-electron chi connectivity index (χ4n) is 3.23. The second-order valence-corrected chi connectivity index (χ2v) is 8.23. The Morgan fingerprint density at radius 3 is 2.58 bits per heavy atom. The summed E-state index contributed by atoms with van der Waals surface area (Å²) in [4.78, 5) is 11.4. The van der Waals surface area contributed by atoms with Gasteiger partial charge in [0.25, 0.3) is 0 Å². The van der Waals surface area contributed by atoms with E-state index in [2.05, 4.69) is 19.9 Å². The van der Waals surface area contributed by atoms with Crippen molar-refractivity contribution < 1.29 is 19.7 Å². The molecule has 0 aromatic rings. The van der Waals surface area contributed by atoms with E-state index in [0.29, 0.717) is 18.8 Å². The average molecular weight is 365 g/mol. The summed E-state index contributed by atoms with van der Waals surface area (Å²) in [7, 11) is 0. The highest BCUT2D eigenvalue weighted by Crippen LogP contribution is 2.26. The first kappa shape index (κ1) is 22.7. The van der Waals surface area contributed by atoms with Crippen molar-refractivity contribution in [1.29, 1.82) is 0 Å². The highest BCUT2D eigenvalue weighted by Gasteiger charge is 2.25. The van der Waals surface area contributed by atoms with Gasteiger partial charge in [-0.15, -0.1) is 0 Å². The van der Waals surface area contributed by atoms with Crippen molar-refractivity contribution in [2.75, 3.05) is 0 Å². The number of aliphatic hydroxyl groups excluding tert-OH is 1. The monoisotopic (exact) mass is 364 g/mol. The maximum Gasteiger partial charge on any atom is 0.303 e. The summed E-state index contributed by atoms with van der Waals surface area (Å²) >= 11 is 0. The van der Waals surface area contributed by atoms with Crippen LogP contribution in [0.15, 0.2) is 35.5 Å². The fraction of sp³-hybridized carbons (Fsp3) is 0.682. The number of carbonyl (C=O) groups is 1. The molecule has 1 rings (SSSR count). The molecule has 148 valence electrons. The summed E-state index contributed by atoms with van der Waals surface area (Å²) in [5.41, 5.74) is 0.994. The van der Waals surface area contributed by atoms with Crippen LogP contribution in [0.2, 0.25) is 0 Å². The highest BCUT2D eigenvalue weighted by atomic mass is 16.5. The average Bonchev–Trinajstić information content (AvgIpc) is 2.48. The van der Waals surface area contributed by atoms with Crippen molar-refractivity contribution in [3.8, 4) is 0 Å². The minimum atomic E-state index is -1.09. The Hall–Kier alpha value is -1.39. The Labute approximate surface area is 158 Å². The van der Waals surface area contributed by atoms with E-state index < -0.39 is 17.8 Å². The molecular weight excluding hydrogens is 328 g/mol. The zero-order valence-corrected chi connectivity index (χ0v) is 17.2. The molecule has 0 bridgehead atoms. The zero-order chi connectivity index (χ0) is 19.9. The molecule has 0 radical (unpaired) electrons. The van der Waals surface area contributed by atoms with Crippen LogP contribution in [-0.2, 0) is 9.53 Å². The standard InChI is InChI=1S/C22H36O4/c1-15(2)19-10-11-22(6,25)14-20(26-18(5)23)12-16(3)8-7-9-17(4)21(24)13-19/h9-12,15,19-21,24-25H,7-8,13-14H2,1-6H3/b11-10+,16-12+,17-9+/t19-,20-,21-,22+/m0/s1. The third kappa shape index (κ3) is 8.33. The molecule has 0 heterocycles. The first-order valence-corrected chi connectivity index (χ1v) is 9.61. The molecule has 4 atom stereocenters. The molecule has 0 fully saturated rings. The van der Waals surface area contributed by atoms with E-state index in [4.69, 9.17) is 4.74 Å². The Morgan fingerprint density at radius 1 is 1.35 bits per heavy atom. The molecule has 0 saturated carbocycles. The highest BCUT2D eigenvalue weighted by molar-refractivity contribution is 5.66. The maximum atomic E-state index is 11.4. The summed E-state index contributed by atoms with van der Waals surface area (Å²) in [6.45, 7) is 11.3. The van der Waals surface area contributed by atoms with Gasteiger partial charge in [0.15, 0.2) is 0 Å². The summed E-state index contributed by atoms with van der Waals surface area (Å²) in [5.74, 6) is 0.162. The van der Waals surface area contributed by atoms with E-state index in [1.165, 1.54) is 6.92 Å². The van der Waals surface area contributed by atoms with Gasteiger partial charge in [-0.2, -0.15) is 0 Å². The van der Waals surface area contributed by atoms with Crippen molar-refractivity contribution in [3.05, 3.63) is 35.5 Å². The molecule has 0 aliphatic heterocycles. The lowest BCUT2D eigenvalue weighted by Gasteiger charge is -2.27. The fourth-order valence-corrected chi connectivity index (χ4v) is 3.23. The van der Waals surface area contributed by atoms with Gasteiger partial charge in [0.1, 0.15) is 6.10 Å². The van der Waals surface area contributed by atoms with Crippen LogP contribution in [0.4, 0.5) is 0 Å². The topological polar surface area (TPSA) is 66.8 Å². The lowest BCUT2D eigenvalue weighted by atomic mass is 9.85. The molecule has 1 aliphatic rings. The predicted octanol–water partition coefficient (Wildman–Crippen LogP) is 4.33. The largest absolute Gasteiger partial charge is 0.458 e. The van der Waals surface area contributed by atoms with Gasteiger partial charge in [0, 0.05) is 13.3 Å². The number of esters is 1. The van der Waals surface area contributed by atoms with Crippen LogP contribution in [0.25, 0.3) is 0 Å². The normalized spacial score (nSPS) is 37.0. The number of rotatable bonds is 2. The van der Waals surface area contributed by atoms with Gasteiger partial charge in [-0.25, -0.2) is 0 Å². The van der Waals surface area contributed by atoms with E-state index in [9.17, 15) is 15.0 Å². The Bertz CT molecular complexity index is 554. The van der Waals surface area contributed by atoms with Crippen molar-refractivity contribution in [3.63, 3.8) is 0 Å². The SMILES string of the molecule is CC(=O)O[C@H]1/C=C(\C)CC/C=C(\C)[C@@H](O)C[C@@H](C(C)C)/C=C/[C@@](C)(O)C1. The van der Waals surface area contributed by atoms with E-state index >= 15 is 0 Å². The van der Waals surface area contributed by atoms with Gasteiger partial charge < -0.3 is 14.9 Å². The predicted molar refractivity (Wildman–Crippen MR) is 106 cm³/mol. The molecule has 0 amide bonds. The van der Waals surface area contributed by atoms with E-state index in [0.717, 1.165) is 24.0 Å². The molecule has 0 aromatic carbocycles. The lowest BCUT2D eigenvalue weighted by molar-refractivity contribution is -0.145. The molecule has 4 nitrogen and oxygen atoms in total. The van der Waals surface area contributed by atoms with Crippen molar-refractivity contribution in [2.24, 2.45) is 11.8 Å². The Kier molecular flexibility index (Phi) is 8.78. The summed E-state index contributed by atoms with van der Waals surface area (Å²) in [5, 5.41) is 21.3. The van der Waals surface area contributed by atoms with Crippen molar-refractivity contribution in [2.45, 2.75) is 85.0 Å². The van der Waals surface area contributed by atoms with Crippen molar-refractivity contribution in [1.82, 2.24) is 0 Å². The number of hydrogen-bond acceptors (Lipinski definition) is 4. The second-order valence-electron chi connectivity index (χ2n) is 8.23. The lowest BCUT2D eigenvalue weighted by Crippen LogP contribution is -2.30. The van der Waals surface area contributed by atoms with E-state index in [-0.39, 0.29) is 11.9 Å². The van der Waals surface area contributed by atoms with Crippen LogP contribution in [0.5, 0.6) is 0 Å². The van der Waals surface area contributed by atoms with Crippen LogP contribution in [-0.4, -0.2) is 34.0 Å². The quantitative estimate of drug-likeness (QED) is 0.565. The summed E-state index contributed by atoms with van der Waals surface area (Å²) < 4.78 is 5.40. The summed E-state index contributed by atoms with van der Waals surface area (Å²) in [6, 6.07) is 0. The Morgan fingerprint density at radius 2 is 2.00 bits per heavy atom. The van der Waals surface area contributed by atoms with E-state index in [1.807, 2.05) is 26.0 Å². The first-order valence-electron chi connectivity index (χ1n) is 9.61. The van der Waals surface area contributed by atoms with Gasteiger partial charge >= 0.3 is 5.97 Å². The molecule has 0 spiro atoms. The van der Waals surface area contributed by atoms with Crippen LogP contribution in [0.1, 0.15) is 67.2 Å². The smallest absolute Gasteiger partial charge is 0.303 e.